The molecule has 0 heterocycles. The molecule has 0 bridgehead atoms. The van der Waals surface area contributed by atoms with Crippen LogP contribution in [0.5, 0.6) is 0 Å². The highest BCUT2D eigenvalue weighted by atomic mass is 16.5. The van der Waals surface area contributed by atoms with E-state index >= 15 is 0 Å². The molecule has 15 heavy (non-hydrogen) atoms. The molecule has 1 rings (SSSR count). The van der Waals surface area contributed by atoms with Gasteiger partial charge in [0.2, 0.25) is 0 Å². The van der Waals surface area contributed by atoms with E-state index in [0.29, 0.717) is 6.61 Å². The van der Waals surface area contributed by atoms with E-state index in [2.05, 4.69) is 6.92 Å². The van der Waals surface area contributed by atoms with Gasteiger partial charge >= 0.3 is 5.97 Å². The first-order valence-corrected chi connectivity index (χ1v) is 5.74. The zero-order valence-corrected chi connectivity index (χ0v) is 9.45. The lowest BCUT2D eigenvalue weighted by Crippen LogP contribution is -2.34. The van der Waals surface area contributed by atoms with Gasteiger partial charge in [-0.2, -0.15) is 0 Å². The lowest BCUT2D eigenvalue weighted by molar-refractivity contribution is -0.138. The largest absolute Gasteiger partial charge is 0.480 e. The highest BCUT2D eigenvalue weighted by Crippen LogP contribution is 2.29. The maximum absolute atomic E-state index is 10.6. The fourth-order valence-corrected chi connectivity index (χ4v) is 1.53. The molecule has 4 nitrogen and oxygen atoms in total. The Morgan fingerprint density at radius 2 is 2.20 bits per heavy atom. The lowest BCUT2D eigenvalue weighted by Gasteiger charge is -2.19. The molecule has 0 atom stereocenters. The van der Waals surface area contributed by atoms with Crippen molar-refractivity contribution in [2.45, 2.75) is 26.2 Å². The van der Waals surface area contributed by atoms with Crippen molar-refractivity contribution in [3.8, 4) is 0 Å². The monoisotopic (exact) mass is 215 g/mol. The van der Waals surface area contributed by atoms with Crippen molar-refractivity contribution in [3.05, 3.63) is 0 Å². The minimum Gasteiger partial charge on any atom is -0.480 e. The van der Waals surface area contributed by atoms with Crippen LogP contribution >= 0.6 is 0 Å². The fourth-order valence-electron chi connectivity index (χ4n) is 1.53. The molecule has 88 valence electrons. The normalized spacial score (nSPS) is 15.9. The SMILES string of the molecule is CCCOCCN(CC(=O)O)CC1CC1. The number of hydrogen-bond acceptors (Lipinski definition) is 3. The van der Waals surface area contributed by atoms with Gasteiger partial charge in [-0.25, -0.2) is 0 Å². The van der Waals surface area contributed by atoms with E-state index < -0.39 is 5.97 Å². The summed E-state index contributed by atoms with van der Waals surface area (Å²) in [5.74, 6) is -0.0123. The van der Waals surface area contributed by atoms with Crippen molar-refractivity contribution in [2.24, 2.45) is 5.92 Å². The van der Waals surface area contributed by atoms with Crippen LogP contribution < -0.4 is 0 Å². The third kappa shape index (κ3) is 6.47. The molecule has 0 aliphatic heterocycles. The van der Waals surface area contributed by atoms with Crippen LogP contribution in [0.2, 0.25) is 0 Å². The molecule has 1 fully saturated rings. The molecular weight excluding hydrogens is 194 g/mol. The van der Waals surface area contributed by atoms with Crippen LogP contribution in [0, 0.1) is 5.92 Å². The van der Waals surface area contributed by atoms with Gasteiger partial charge in [-0.3, -0.25) is 9.69 Å². The van der Waals surface area contributed by atoms with E-state index in [0.717, 1.165) is 32.0 Å². The van der Waals surface area contributed by atoms with Gasteiger partial charge in [0.05, 0.1) is 13.2 Å². The molecule has 0 saturated heterocycles. The summed E-state index contributed by atoms with van der Waals surface area (Å²) in [5.41, 5.74) is 0. The minimum atomic E-state index is -0.744. The first-order valence-electron chi connectivity index (χ1n) is 5.74. The quantitative estimate of drug-likeness (QED) is 0.587. The van der Waals surface area contributed by atoms with Gasteiger partial charge in [0.15, 0.2) is 0 Å². The predicted octanol–water partition coefficient (Wildman–Crippen LogP) is 1.21. The summed E-state index contributed by atoms with van der Waals surface area (Å²) >= 11 is 0. The molecule has 4 heteroatoms. The third-order valence-electron chi connectivity index (χ3n) is 2.47. The third-order valence-corrected chi connectivity index (χ3v) is 2.47. The molecule has 1 aliphatic rings. The van der Waals surface area contributed by atoms with Crippen molar-refractivity contribution in [1.82, 2.24) is 4.90 Å². The van der Waals surface area contributed by atoms with E-state index in [1.807, 2.05) is 4.90 Å². The van der Waals surface area contributed by atoms with Crippen LogP contribution in [0.4, 0.5) is 0 Å². The summed E-state index contributed by atoms with van der Waals surface area (Å²) in [7, 11) is 0. The van der Waals surface area contributed by atoms with Crippen molar-refractivity contribution in [1.29, 1.82) is 0 Å². The molecule has 0 spiro atoms. The molecule has 1 aliphatic carbocycles. The van der Waals surface area contributed by atoms with Gasteiger partial charge in [-0.1, -0.05) is 6.92 Å². The summed E-state index contributed by atoms with van der Waals surface area (Å²) in [5, 5.41) is 8.74. The Balaban J connectivity index is 2.12. The average Bonchev–Trinajstić information content (AvgIpc) is 2.95. The van der Waals surface area contributed by atoms with E-state index in [1.54, 1.807) is 0 Å². The number of hydrogen-bond donors (Lipinski definition) is 1. The van der Waals surface area contributed by atoms with Gasteiger partial charge in [-0.15, -0.1) is 0 Å². The van der Waals surface area contributed by atoms with E-state index in [-0.39, 0.29) is 6.54 Å². The van der Waals surface area contributed by atoms with Gasteiger partial charge in [-0.05, 0) is 25.2 Å². The maximum Gasteiger partial charge on any atom is 0.317 e. The Kier molecular flexibility index (Phi) is 5.65. The van der Waals surface area contributed by atoms with Crippen molar-refractivity contribution in [3.63, 3.8) is 0 Å². The molecule has 0 amide bonds. The molecule has 0 unspecified atom stereocenters. The summed E-state index contributed by atoms with van der Waals surface area (Å²) < 4.78 is 5.36. The molecule has 0 aromatic heterocycles. The number of ether oxygens (including phenoxy) is 1. The molecule has 1 N–H and O–H groups in total. The molecule has 0 radical (unpaired) electrons. The average molecular weight is 215 g/mol. The zero-order chi connectivity index (χ0) is 11.1. The van der Waals surface area contributed by atoms with E-state index in [4.69, 9.17) is 9.84 Å². The van der Waals surface area contributed by atoms with E-state index in [1.165, 1.54) is 12.8 Å². The van der Waals surface area contributed by atoms with Gasteiger partial charge in [0.1, 0.15) is 0 Å². The second-order valence-corrected chi connectivity index (χ2v) is 4.18. The minimum absolute atomic E-state index is 0.145. The first-order chi connectivity index (χ1) is 7.22. The highest BCUT2D eigenvalue weighted by Gasteiger charge is 2.24. The first kappa shape index (κ1) is 12.5. The Morgan fingerprint density at radius 3 is 2.73 bits per heavy atom. The van der Waals surface area contributed by atoms with Crippen LogP contribution in [-0.2, 0) is 9.53 Å². The zero-order valence-electron chi connectivity index (χ0n) is 9.45. The second kappa shape index (κ2) is 6.80. The van der Waals surface area contributed by atoms with Gasteiger partial charge in [0, 0.05) is 19.7 Å². The number of nitrogens with zero attached hydrogens (tertiary/aromatic N) is 1. The maximum atomic E-state index is 10.6. The Hall–Kier alpha value is -0.610. The number of carboxylic acid groups (broad SMARTS) is 1. The number of rotatable bonds is 9. The van der Waals surface area contributed by atoms with E-state index in [9.17, 15) is 4.79 Å². The molecule has 0 aromatic carbocycles. The summed E-state index contributed by atoms with van der Waals surface area (Å²) in [4.78, 5) is 12.6. The van der Waals surface area contributed by atoms with Crippen LogP contribution in [0.3, 0.4) is 0 Å². The number of carbonyl (C=O) groups is 1. The van der Waals surface area contributed by atoms with Crippen LogP contribution in [0.25, 0.3) is 0 Å². The van der Waals surface area contributed by atoms with Crippen molar-refractivity contribution < 1.29 is 14.6 Å². The predicted molar refractivity (Wildman–Crippen MR) is 57.9 cm³/mol. The van der Waals surface area contributed by atoms with Crippen molar-refractivity contribution >= 4 is 5.97 Å². The van der Waals surface area contributed by atoms with Crippen molar-refractivity contribution in [2.75, 3.05) is 32.8 Å². The summed E-state index contributed by atoms with van der Waals surface area (Å²) in [6.07, 6.45) is 3.53. The lowest BCUT2D eigenvalue weighted by atomic mass is 10.3. The fraction of sp³-hybridized carbons (Fsp3) is 0.909. The van der Waals surface area contributed by atoms with Crippen LogP contribution in [0.15, 0.2) is 0 Å². The molecular formula is C11H21NO3. The van der Waals surface area contributed by atoms with Crippen LogP contribution in [0.1, 0.15) is 26.2 Å². The Bertz CT molecular complexity index is 192. The second-order valence-electron chi connectivity index (χ2n) is 4.18. The van der Waals surface area contributed by atoms with Crippen LogP contribution in [-0.4, -0.2) is 48.8 Å². The standard InChI is InChI=1S/C11H21NO3/c1-2-6-15-7-5-12(9-11(13)14)8-10-3-4-10/h10H,2-9H2,1H3,(H,13,14). The highest BCUT2D eigenvalue weighted by molar-refractivity contribution is 5.69. The summed E-state index contributed by atoms with van der Waals surface area (Å²) in [6, 6.07) is 0. The molecule has 1 saturated carbocycles. The van der Waals surface area contributed by atoms with Gasteiger partial charge in [0.25, 0.3) is 0 Å². The summed E-state index contributed by atoms with van der Waals surface area (Å²) in [6.45, 7) is 5.29. The Labute approximate surface area is 91.2 Å². The number of carboxylic acids is 1. The molecule has 0 aromatic rings. The smallest absolute Gasteiger partial charge is 0.317 e. The number of aliphatic carboxylic acids is 1. The topological polar surface area (TPSA) is 49.8 Å². The Morgan fingerprint density at radius 1 is 1.47 bits per heavy atom. The van der Waals surface area contributed by atoms with Gasteiger partial charge < -0.3 is 9.84 Å².